The maximum atomic E-state index is 6.21. The van der Waals surface area contributed by atoms with Crippen LogP contribution in [0, 0.1) is 11.8 Å². The van der Waals surface area contributed by atoms with Gasteiger partial charge in [-0.15, -0.1) is 0 Å². The van der Waals surface area contributed by atoms with Gasteiger partial charge in [-0.2, -0.15) is 0 Å². The van der Waals surface area contributed by atoms with Crippen LogP contribution < -0.4 is 5.32 Å². The van der Waals surface area contributed by atoms with Crippen LogP contribution in [0.4, 0.5) is 0 Å². The highest BCUT2D eigenvalue weighted by molar-refractivity contribution is 4.93. The van der Waals surface area contributed by atoms with Gasteiger partial charge in [-0.25, -0.2) is 0 Å². The molecule has 0 aromatic rings. The lowest BCUT2D eigenvalue weighted by molar-refractivity contribution is -0.163. The van der Waals surface area contributed by atoms with E-state index in [0.29, 0.717) is 6.10 Å². The fourth-order valence-electron chi connectivity index (χ4n) is 4.27. The number of nitrogens with one attached hydrogen (secondary N) is 1. The summed E-state index contributed by atoms with van der Waals surface area (Å²) in [5.41, 5.74) is 0. The summed E-state index contributed by atoms with van der Waals surface area (Å²) >= 11 is 0. The largest absolute Gasteiger partial charge is 0.347 e. The quantitative estimate of drug-likeness (QED) is 0.789. The van der Waals surface area contributed by atoms with Crippen molar-refractivity contribution in [2.45, 2.75) is 37.6 Å². The van der Waals surface area contributed by atoms with Crippen LogP contribution in [0.15, 0.2) is 0 Å². The molecule has 1 spiro atoms. The van der Waals surface area contributed by atoms with Crippen molar-refractivity contribution in [2.75, 3.05) is 39.3 Å². The van der Waals surface area contributed by atoms with E-state index < -0.39 is 0 Å². The second-order valence-corrected chi connectivity index (χ2v) is 6.57. The topological polar surface area (TPSA) is 33.7 Å². The van der Waals surface area contributed by atoms with Gasteiger partial charge < -0.3 is 14.8 Å². The summed E-state index contributed by atoms with van der Waals surface area (Å²) in [5.74, 6) is 1.59. The summed E-state index contributed by atoms with van der Waals surface area (Å²) < 4.78 is 12.2. The number of hydrogen-bond donors (Lipinski definition) is 1. The molecule has 0 bridgehead atoms. The molecule has 4 fully saturated rings. The average molecular weight is 252 g/mol. The smallest absolute Gasteiger partial charge is 0.168 e. The van der Waals surface area contributed by atoms with Gasteiger partial charge in [0.15, 0.2) is 5.79 Å². The van der Waals surface area contributed by atoms with Crippen molar-refractivity contribution in [3.63, 3.8) is 0 Å². The van der Waals surface area contributed by atoms with E-state index in [-0.39, 0.29) is 5.79 Å². The van der Waals surface area contributed by atoms with E-state index in [2.05, 4.69) is 10.2 Å². The molecule has 4 rings (SSSR count). The Balaban J connectivity index is 1.31. The SMILES string of the molecule is C1CCC2(C1)OCC(CN1CC3CNCC3C1)O2. The van der Waals surface area contributed by atoms with E-state index >= 15 is 0 Å². The molecular formula is C14H24N2O2. The Bertz CT molecular complexity index is 305. The Morgan fingerprint density at radius 3 is 2.56 bits per heavy atom. The van der Waals surface area contributed by atoms with E-state index in [1.807, 2.05) is 0 Å². The monoisotopic (exact) mass is 252 g/mol. The highest BCUT2D eigenvalue weighted by atomic mass is 16.7. The fraction of sp³-hybridized carbons (Fsp3) is 1.00. The summed E-state index contributed by atoms with van der Waals surface area (Å²) in [7, 11) is 0. The lowest BCUT2D eigenvalue weighted by Gasteiger charge is -2.24. The van der Waals surface area contributed by atoms with Crippen LogP contribution >= 0.6 is 0 Å². The van der Waals surface area contributed by atoms with E-state index in [9.17, 15) is 0 Å². The van der Waals surface area contributed by atoms with Gasteiger partial charge in [0.25, 0.3) is 0 Å². The number of nitrogens with zero attached hydrogens (tertiary/aromatic N) is 1. The molecule has 18 heavy (non-hydrogen) atoms. The first-order valence-corrected chi connectivity index (χ1v) is 7.58. The van der Waals surface area contributed by atoms with Gasteiger partial charge in [-0.05, 0) is 37.8 Å². The van der Waals surface area contributed by atoms with Crippen LogP contribution in [0.25, 0.3) is 0 Å². The van der Waals surface area contributed by atoms with Crippen molar-refractivity contribution in [1.29, 1.82) is 0 Å². The van der Waals surface area contributed by atoms with Crippen LogP contribution in [-0.2, 0) is 9.47 Å². The normalized spacial score (nSPS) is 43.0. The fourth-order valence-corrected chi connectivity index (χ4v) is 4.27. The molecule has 102 valence electrons. The first-order chi connectivity index (χ1) is 8.83. The maximum Gasteiger partial charge on any atom is 0.168 e. The van der Waals surface area contributed by atoms with Crippen LogP contribution in [-0.4, -0.2) is 56.1 Å². The zero-order valence-corrected chi connectivity index (χ0v) is 11.1. The van der Waals surface area contributed by atoms with Gasteiger partial charge >= 0.3 is 0 Å². The van der Waals surface area contributed by atoms with Crippen molar-refractivity contribution in [1.82, 2.24) is 10.2 Å². The minimum atomic E-state index is -0.179. The Hall–Kier alpha value is -0.160. The Morgan fingerprint density at radius 1 is 1.11 bits per heavy atom. The molecule has 1 saturated carbocycles. The van der Waals surface area contributed by atoms with Crippen molar-refractivity contribution in [3.8, 4) is 0 Å². The summed E-state index contributed by atoms with van der Waals surface area (Å²) in [6.07, 6.45) is 5.07. The lowest BCUT2D eigenvalue weighted by atomic mass is 10.0. The minimum absolute atomic E-state index is 0.179. The molecule has 3 unspecified atom stereocenters. The molecule has 4 aliphatic rings. The summed E-state index contributed by atoms with van der Waals surface area (Å²) in [6, 6.07) is 0. The maximum absolute atomic E-state index is 6.21. The summed E-state index contributed by atoms with van der Waals surface area (Å²) in [6.45, 7) is 6.83. The first kappa shape index (κ1) is 11.6. The Morgan fingerprint density at radius 2 is 1.83 bits per heavy atom. The minimum Gasteiger partial charge on any atom is -0.347 e. The second-order valence-electron chi connectivity index (χ2n) is 6.57. The van der Waals surface area contributed by atoms with Crippen molar-refractivity contribution < 1.29 is 9.47 Å². The third-order valence-electron chi connectivity index (χ3n) is 5.21. The van der Waals surface area contributed by atoms with Gasteiger partial charge in [0.05, 0.1) is 12.7 Å². The highest BCUT2D eigenvalue weighted by Gasteiger charge is 2.45. The van der Waals surface area contributed by atoms with E-state index in [0.717, 1.165) is 37.8 Å². The summed E-state index contributed by atoms with van der Waals surface area (Å²) in [5, 5.41) is 3.50. The molecule has 3 atom stereocenters. The third kappa shape index (κ3) is 1.99. The van der Waals surface area contributed by atoms with E-state index in [1.165, 1.54) is 39.0 Å². The van der Waals surface area contributed by atoms with Gasteiger partial charge in [0, 0.05) is 32.5 Å². The predicted molar refractivity (Wildman–Crippen MR) is 68.3 cm³/mol. The average Bonchev–Trinajstić information content (AvgIpc) is 3.05. The van der Waals surface area contributed by atoms with Gasteiger partial charge in [-0.1, -0.05) is 0 Å². The molecule has 0 aromatic heterocycles. The number of fused-ring (bicyclic) bond motifs is 1. The number of rotatable bonds is 2. The molecule has 1 aliphatic carbocycles. The molecule has 4 heteroatoms. The molecule has 3 saturated heterocycles. The van der Waals surface area contributed by atoms with Crippen LogP contribution in [0.3, 0.4) is 0 Å². The van der Waals surface area contributed by atoms with Crippen molar-refractivity contribution in [2.24, 2.45) is 11.8 Å². The summed E-state index contributed by atoms with van der Waals surface area (Å²) in [4.78, 5) is 2.60. The number of likely N-dealkylation sites (tertiary alicyclic amines) is 1. The van der Waals surface area contributed by atoms with Gasteiger partial charge in [0.1, 0.15) is 0 Å². The second kappa shape index (κ2) is 4.44. The predicted octanol–water partition coefficient (Wildman–Crippen LogP) is 0.823. The molecular weight excluding hydrogens is 228 g/mol. The molecule has 0 amide bonds. The van der Waals surface area contributed by atoms with E-state index in [4.69, 9.17) is 9.47 Å². The zero-order valence-electron chi connectivity index (χ0n) is 11.1. The Kier molecular flexibility index (Phi) is 2.87. The number of ether oxygens (including phenoxy) is 2. The third-order valence-corrected chi connectivity index (χ3v) is 5.21. The zero-order chi connectivity index (χ0) is 12.0. The Labute approximate surface area is 109 Å². The lowest BCUT2D eigenvalue weighted by Crippen LogP contribution is -2.35. The van der Waals surface area contributed by atoms with Crippen LogP contribution in [0.1, 0.15) is 25.7 Å². The van der Waals surface area contributed by atoms with Gasteiger partial charge in [0.2, 0.25) is 0 Å². The highest BCUT2D eigenvalue weighted by Crippen LogP contribution is 2.39. The molecule has 3 aliphatic heterocycles. The standard InChI is InChI=1S/C14H24N2O2/c1-2-4-14(3-1)17-10-13(18-14)9-16-7-11-5-15-6-12(11)8-16/h11-13,15H,1-10H2. The van der Waals surface area contributed by atoms with Crippen LogP contribution in [0.5, 0.6) is 0 Å². The molecule has 0 aromatic carbocycles. The van der Waals surface area contributed by atoms with Gasteiger partial charge in [-0.3, -0.25) is 4.90 Å². The number of hydrogen-bond acceptors (Lipinski definition) is 4. The molecule has 3 heterocycles. The van der Waals surface area contributed by atoms with E-state index in [1.54, 1.807) is 0 Å². The van der Waals surface area contributed by atoms with Crippen molar-refractivity contribution in [3.05, 3.63) is 0 Å². The molecule has 0 radical (unpaired) electrons. The van der Waals surface area contributed by atoms with Crippen molar-refractivity contribution >= 4 is 0 Å². The molecule has 4 nitrogen and oxygen atoms in total. The first-order valence-electron chi connectivity index (χ1n) is 7.58. The van der Waals surface area contributed by atoms with Crippen LogP contribution in [0.2, 0.25) is 0 Å². The molecule has 1 N–H and O–H groups in total.